The highest BCUT2D eigenvalue weighted by molar-refractivity contribution is 6.00. The van der Waals surface area contributed by atoms with E-state index in [2.05, 4.69) is 6.58 Å². The highest BCUT2D eigenvalue weighted by atomic mass is 16.6. The predicted octanol–water partition coefficient (Wildman–Crippen LogP) is 3.80. The van der Waals surface area contributed by atoms with Crippen LogP contribution in [0.3, 0.4) is 0 Å². The number of rotatable bonds is 6. The van der Waals surface area contributed by atoms with Gasteiger partial charge in [-0.3, -0.25) is 9.59 Å². The fraction of sp³-hybridized carbons (Fsp3) is 0.304. The summed E-state index contributed by atoms with van der Waals surface area (Å²) >= 11 is 0. The summed E-state index contributed by atoms with van der Waals surface area (Å²) in [7, 11) is 1.62. The smallest absolute Gasteiger partial charge is 0.310 e. The molecule has 1 N–H and O–H groups in total. The molecule has 0 aliphatic heterocycles. The molecule has 0 bridgehead atoms. The Morgan fingerprint density at radius 1 is 1.14 bits per heavy atom. The summed E-state index contributed by atoms with van der Waals surface area (Å²) in [6.07, 6.45) is 0.370. The van der Waals surface area contributed by atoms with Crippen LogP contribution in [0.2, 0.25) is 0 Å². The fourth-order valence-corrected chi connectivity index (χ4v) is 2.79. The van der Waals surface area contributed by atoms with Crippen molar-refractivity contribution in [1.29, 1.82) is 0 Å². The minimum atomic E-state index is -0.884. The van der Waals surface area contributed by atoms with E-state index in [1.807, 2.05) is 51.1 Å². The number of carbonyl (C=O) groups excluding carboxylic acids is 2. The average Bonchev–Trinajstić information content (AvgIpc) is 2.65. The number of esters is 1. The molecular weight excluding hydrogens is 354 g/mol. The molecule has 2 aromatic carbocycles. The molecule has 0 aliphatic carbocycles. The quantitative estimate of drug-likeness (QED) is 0.610. The molecule has 5 heteroatoms. The van der Waals surface area contributed by atoms with Gasteiger partial charge in [-0.1, -0.05) is 43.0 Å². The van der Waals surface area contributed by atoms with Crippen molar-refractivity contribution in [1.82, 2.24) is 0 Å². The molecular formula is C23H27NO4. The van der Waals surface area contributed by atoms with E-state index in [0.717, 1.165) is 5.56 Å². The molecule has 2 rings (SSSR count). The van der Waals surface area contributed by atoms with Crippen molar-refractivity contribution in [3.05, 3.63) is 77.9 Å². The summed E-state index contributed by atoms with van der Waals surface area (Å²) in [6.45, 7) is 8.93. The molecule has 148 valence electrons. The monoisotopic (exact) mass is 381 g/mol. The van der Waals surface area contributed by atoms with E-state index in [-0.39, 0.29) is 18.3 Å². The van der Waals surface area contributed by atoms with Gasteiger partial charge in [0, 0.05) is 12.7 Å². The molecule has 2 aromatic rings. The molecule has 0 radical (unpaired) electrons. The Morgan fingerprint density at radius 3 is 2.36 bits per heavy atom. The summed E-state index contributed by atoms with van der Waals surface area (Å²) in [6, 6.07) is 14.4. The maximum Gasteiger partial charge on any atom is 0.310 e. The summed E-state index contributed by atoms with van der Waals surface area (Å²) < 4.78 is 5.40. The van der Waals surface area contributed by atoms with Gasteiger partial charge in [-0.15, -0.1) is 0 Å². The lowest BCUT2D eigenvalue weighted by atomic mass is 9.97. The Labute approximate surface area is 166 Å². The van der Waals surface area contributed by atoms with Crippen molar-refractivity contribution in [2.45, 2.75) is 38.9 Å². The van der Waals surface area contributed by atoms with Gasteiger partial charge in [0.1, 0.15) is 11.7 Å². The second kappa shape index (κ2) is 8.85. The molecule has 1 amide bonds. The van der Waals surface area contributed by atoms with Crippen LogP contribution >= 0.6 is 0 Å². The van der Waals surface area contributed by atoms with E-state index in [4.69, 9.17) is 4.74 Å². The number of carbonyl (C=O) groups is 2. The first-order valence-corrected chi connectivity index (χ1v) is 9.09. The molecule has 0 saturated heterocycles. The summed E-state index contributed by atoms with van der Waals surface area (Å²) in [5.41, 5.74) is 1.94. The zero-order valence-corrected chi connectivity index (χ0v) is 16.8. The predicted molar refractivity (Wildman–Crippen MR) is 110 cm³/mol. The third-order valence-electron chi connectivity index (χ3n) is 4.09. The van der Waals surface area contributed by atoms with E-state index in [0.29, 0.717) is 16.8 Å². The number of ether oxygens (including phenoxy) is 1. The summed E-state index contributed by atoms with van der Waals surface area (Å²) in [5.74, 6) is -0.655. The Kier molecular flexibility index (Phi) is 6.75. The number of hydrogen-bond donors (Lipinski definition) is 1. The Balaban J connectivity index is 2.42. The number of amides is 1. The van der Waals surface area contributed by atoms with Crippen molar-refractivity contribution in [2.24, 2.45) is 0 Å². The second-order valence-electron chi connectivity index (χ2n) is 7.61. The third kappa shape index (κ3) is 5.79. The van der Waals surface area contributed by atoms with Crippen LogP contribution in [0.15, 0.2) is 61.2 Å². The normalized spacial score (nSPS) is 12.2. The lowest BCUT2D eigenvalue weighted by Gasteiger charge is -2.22. The molecule has 1 unspecified atom stereocenters. The fourth-order valence-electron chi connectivity index (χ4n) is 2.79. The lowest BCUT2D eigenvalue weighted by Crippen LogP contribution is -2.26. The Morgan fingerprint density at radius 2 is 1.79 bits per heavy atom. The molecule has 0 fully saturated rings. The zero-order chi connectivity index (χ0) is 20.9. The minimum Gasteiger partial charge on any atom is -0.460 e. The number of nitrogens with zero attached hydrogens (tertiary/aromatic N) is 1. The van der Waals surface area contributed by atoms with Crippen molar-refractivity contribution < 1.29 is 19.4 Å². The van der Waals surface area contributed by atoms with E-state index >= 15 is 0 Å². The molecule has 0 aliphatic rings. The summed E-state index contributed by atoms with van der Waals surface area (Å²) in [4.78, 5) is 25.7. The van der Waals surface area contributed by atoms with Gasteiger partial charge in [0.25, 0.3) is 0 Å². The molecule has 5 nitrogen and oxygen atoms in total. The van der Waals surface area contributed by atoms with Gasteiger partial charge in [-0.2, -0.15) is 0 Å². The topological polar surface area (TPSA) is 66.8 Å². The number of benzene rings is 2. The van der Waals surface area contributed by atoms with Crippen LogP contribution in [-0.2, 0) is 20.7 Å². The molecule has 0 saturated carbocycles. The van der Waals surface area contributed by atoms with Gasteiger partial charge in [-0.05, 0) is 55.7 Å². The number of aliphatic hydroxyl groups excluding tert-OH is 1. The highest BCUT2D eigenvalue weighted by Gasteiger charge is 2.19. The van der Waals surface area contributed by atoms with Gasteiger partial charge < -0.3 is 14.7 Å². The van der Waals surface area contributed by atoms with Crippen molar-refractivity contribution in [3.63, 3.8) is 0 Å². The molecule has 28 heavy (non-hydrogen) atoms. The van der Waals surface area contributed by atoms with Crippen LogP contribution in [0.4, 0.5) is 5.69 Å². The van der Waals surface area contributed by atoms with Crippen molar-refractivity contribution >= 4 is 17.6 Å². The summed E-state index contributed by atoms with van der Waals surface area (Å²) in [5, 5.41) is 10.8. The van der Waals surface area contributed by atoms with Gasteiger partial charge in [0.15, 0.2) is 0 Å². The van der Waals surface area contributed by atoms with E-state index in [1.54, 1.807) is 25.2 Å². The van der Waals surface area contributed by atoms with Gasteiger partial charge in [-0.25, -0.2) is 0 Å². The third-order valence-corrected chi connectivity index (χ3v) is 4.09. The zero-order valence-electron chi connectivity index (χ0n) is 16.8. The van der Waals surface area contributed by atoms with Crippen LogP contribution in [0, 0.1) is 0 Å². The number of aliphatic hydroxyl groups is 1. The first kappa shape index (κ1) is 21.4. The average molecular weight is 381 g/mol. The van der Waals surface area contributed by atoms with Crippen LogP contribution in [0.1, 0.15) is 43.6 Å². The van der Waals surface area contributed by atoms with Crippen LogP contribution in [-0.4, -0.2) is 29.6 Å². The molecule has 1 atom stereocenters. The molecule has 0 heterocycles. The van der Waals surface area contributed by atoms with Crippen molar-refractivity contribution in [2.75, 3.05) is 11.9 Å². The Hall–Kier alpha value is -2.92. The van der Waals surface area contributed by atoms with Crippen molar-refractivity contribution in [3.8, 4) is 0 Å². The maximum absolute atomic E-state index is 12.3. The SMILES string of the molecule is C=CC(=O)N(C)c1cc(CC(=O)OC(C)(C)C)cc(C(O)c2ccccc2)c1. The second-order valence-corrected chi connectivity index (χ2v) is 7.61. The first-order chi connectivity index (χ1) is 13.1. The number of likely N-dealkylation sites (N-methyl/N-ethyl adjacent to an activating group) is 1. The number of anilines is 1. The van der Waals surface area contributed by atoms with Crippen LogP contribution in [0.5, 0.6) is 0 Å². The molecule has 0 spiro atoms. The van der Waals surface area contributed by atoms with Crippen LogP contribution in [0.25, 0.3) is 0 Å². The lowest BCUT2D eigenvalue weighted by molar-refractivity contribution is -0.153. The van der Waals surface area contributed by atoms with Gasteiger partial charge in [0.2, 0.25) is 5.91 Å². The minimum absolute atomic E-state index is 0.0374. The highest BCUT2D eigenvalue weighted by Crippen LogP contribution is 2.28. The van der Waals surface area contributed by atoms with Crippen LogP contribution < -0.4 is 4.90 Å². The van der Waals surface area contributed by atoms with Gasteiger partial charge in [0.05, 0.1) is 6.42 Å². The first-order valence-electron chi connectivity index (χ1n) is 9.09. The largest absolute Gasteiger partial charge is 0.460 e. The van der Waals surface area contributed by atoms with Gasteiger partial charge >= 0.3 is 5.97 Å². The van der Waals surface area contributed by atoms with E-state index in [1.165, 1.54) is 11.0 Å². The maximum atomic E-state index is 12.3. The van der Waals surface area contributed by atoms with E-state index < -0.39 is 11.7 Å². The Bertz CT molecular complexity index is 853. The standard InChI is InChI=1S/C23H27NO4/c1-6-20(25)24(5)19-13-16(14-21(26)28-23(2,3)4)12-18(15-19)22(27)17-10-8-7-9-11-17/h6-13,15,22,27H,1,14H2,2-5H3. The van der Waals surface area contributed by atoms with E-state index in [9.17, 15) is 14.7 Å². The number of hydrogen-bond acceptors (Lipinski definition) is 4. The molecule has 0 aromatic heterocycles.